The van der Waals surface area contributed by atoms with Crippen molar-refractivity contribution < 1.29 is 4.21 Å². The van der Waals surface area contributed by atoms with Gasteiger partial charge in [0.2, 0.25) is 0 Å². The molecule has 1 aliphatic rings. The lowest BCUT2D eigenvalue weighted by Crippen LogP contribution is -2.44. The summed E-state index contributed by atoms with van der Waals surface area (Å²) in [5.41, 5.74) is 0.313. The molecule has 1 aliphatic heterocycles. The van der Waals surface area contributed by atoms with Crippen molar-refractivity contribution in [2.24, 2.45) is 5.41 Å². The van der Waals surface area contributed by atoms with Gasteiger partial charge in [0.25, 0.3) is 0 Å². The minimum Gasteiger partial charge on any atom is -0.316 e. The first-order valence-electron chi connectivity index (χ1n) is 6.18. The fourth-order valence-corrected chi connectivity index (χ4v) is 3.35. The molecule has 0 spiro atoms. The molecule has 3 nitrogen and oxygen atoms in total. The fourth-order valence-electron chi connectivity index (χ4n) is 2.22. The first-order chi connectivity index (χ1) is 7.43. The minimum atomic E-state index is -0.551. The van der Waals surface area contributed by atoms with Gasteiger partial charge in [-0.25, -0.2) is 0 Å². The molecule has 1 atom stereocenters. The molecule has 1 heterocycles. The number of nitrogens with zero attached hydrogens (tertiary/aromatic N) is 1. The van der Waals surface area contributed by atoms with E-state index in [1.54, 1.807) is 0 Å². The van der Waals surface area contributed by atoms with Crippen molar-refractivity contribution in [2.75, 3.05) is 38.2 Å². The van der Waals surface area contributed by atoms with Crippen LogP contribution in [0.4, 0.5) is 0 Å². The maximum Gasteiger partial charge on any atom is 0.0363 e. The number of nitrogens with one attached hydrogen (secondary N) is 1. The van der Waals surface area contributed by atoms with Crippen LogP contribution in [-0.2, 0) is 10.8 Å². The highest BCUT2D eigenvalue weighted by Crippen LogP contribution is 2.21. The van der Waals surface area contributed by atoms with Crippen LogP contribution < -0.4 is 5.32 Å². The average Bonchev–Trinajstić information content (AvgIpc) is 2.19. The molecule has 1 rings (SSSR count). The Morgan fingerprint density at radius 1 is 1.31 bits per heavy atom. The van der Waals surface area contributed by atoms with Crippen LogP contribution in [0.2, 0.25) is 0 Å². The molecule has 0 amide bonds. The second kappa shape index (κ2) is 6.12. The van der Waals surface area contributed by atoms with Crippen LogP contribution in [0.5, 0.6) is 0 Å². The molecule has 1 N–H and O–H groups in total. The molecule has 1 saturated heterocycles. The van der Waals surface area contributed by atoms with Crippen molar-refractivity contribution in [1.82, 2.24) is 10.2 Å². The fraction of sp³-hybridized carbons (Fsp3) is 1.00. The van der Waals surface area contributed by atoms with E-state index < -0.39 is 10.8 Å². The summed E-state index contributed by atoms with van der Waals surface area (Å²) in [6.45, 7) is 9.97. The first-order valence-corrected chi connectivity index (χ1v) is 7.67. The highest BCUT2D eigenvalue weighted by molar-refractivity contribution is 7.85. The molecule has 0 bridgehead atoms. The van der Waals surface area contributed by atoms with Crippen molar-refractivity contribution in [3.05, 3.63) is 0 Å². The zero-order chi connectivity index (χ0) is 12.2. The van der Waals surface area contributed by atoms with Gasteiger partial charge in [0.15, 0.2) is 0 Å². The molecule has 4 heteroatoms. The van der Waals surface area contributed by atoms with Gasteiger partial charge >= 0.3 is 0 Å². The molecule has 16 heavy (non-hydrogen) atoms. The van der Waals surface area contributed by atoms with E-state index in [0.29, 0.717) is 11.5 Å². The van der Waals surface area contributed by atoms with E-state index >= 15 is 0 Å². The number of rotatable bonds is 4. The molecule has 0 aromatic carbocycles. The zero-order valence-corrected chi connectivity index (χ0v) is 11.9. The lowest BCUT2D eigenvalue weighted by Gasteiger charge is -2.33. The first kappa shape index (κ1) is 14.1. The number of hydrogen-bond acceptors (Lipinski definition) is 3. The summed E-state index contributed by atoms with van der Waals surface area (Å²) in [5, 5.41) is 3.40. The van der Waals surface area contributed by atoms with Crippen molar-refractivity contribution in [3.63, 3.8) is 0 Å². The van der Waals surface area contributed by atoms with Gasteiger partial charge in [-0.1, -0.05) is 20.8 Å². The summed E-state index contributed by atoms with van der Waals surface area (Å²) >= 11 is 0. The Labute approximate surface area is 102 Å². The van der Waals surface area contributed by atoms with Gasteiger partial charge in [0, 0.05) is 41.4 Å². The molecule has 0 aromatic heterocycles. The normalized spacial score (nSPS) is 22.2. The van der Waals surface area contributed by atoms with Gasteiger partial charge in [-0.2, -0.15) is 0 Å². The Morgan fingerprint density at radius 3 is 2.31 bits per heavy atom. The van der Waals surface area contributed by atoms with Crippen LogP contribution in [0.25, 0.3) is 0 Å². The maximum absolute atomic E-state index is 11.2. The molecule has 1 unspecified atom stereocenters. The molecule has 0 aromatic rings. The van der Waals surface area contributed by atoms with Crippen LogP contribution in [0.1, 0.15) is 27.2 Å². The Bertz CT molecular complexity index is 228. The largest absolute Gasteiger partial charge is 0.316 e. The van der Waals surface area contributed by atoms with Crippen molar-refractivity contribution in [3.8, 4) is 0 Å². The van der Waals surface area contributed by atoms with E-state index in [9.17, 15) is 4.21 Å². The molecular formula is C12H26N2OS. The van der Waals surface area contributed by atoms with E-state index in [1.165, 1.54) is 6.42 Å². The smallest absolute Gasteiger partial charge is 0.0363 e. The van der Waals surface area contributed by atoms with Crippen LogP contribution in [0.3, 0.4) is 0 Å². The summed E-state index contributed by atoms with van der Waals surface area (Å²) in [4.78, 5) is 2.44. The Balaban J connectivity index is 2.30. The van der Waals surface area contributed by atoms with Gasteiger partial charge in [0.1, 0.15) is 0 Å². The van der Waals surface area contributed by atoms with E-state index in [2.05, 4.69) is 31.0 Å². The lowest BCUT2D eigenvalue weighted by atomic mass is 9.85. The van der Waals surface area contributed by atoms with Gasteiger partial charge < -0.3 is 10.2 Å². The van der Waals surface area contributed by atoms with E-state index in [4.69, 9.17) is 0 Å². The Hall–Kier alpha value is 0.0700. The molecule has 96 valence electrons. The second-order valence-electron chi connectivity index (χ2n) is 5.69. The molecule has 1 fully saturated rings. The molecular weight excluding hydrogens is 220 g/mol. The third kappa shape index (κ3) is 4.52. The highest BCUT2D eigenvalue weighted by Gasteiger charge is 2.24. The third-order valence-corrected chi connectivity index (χ3v) is 4.67. The standard InChI is InChI=1S/C12H26N2OS/c1-12(2,3)11(13-4)5-6-14-7-9-16(15)10-8-14/h11,13H,5-10H2,1-4H3. The predicted molar refractivity (Wildman–Crippen MR) is 71.2 cm³/mol. The van der Waals surface area contributed by atoms with Gasteiger partial charge in [-0.3, -0.25) is 4.21 Å². The minimum absolute atomic E-state index is 0.313. The Kier molecular flexibility index (Phi) is 5.41. The zero-order valence-electron chi connectivity index (χ0n) is 11.1. The molecule has 0 saturated carbocycles. The lowest BCUT2D eigenvalue weighted by molar-refractivity contribution is 0.219. The third-order valence-electron chi connectivity index (χ3n) is 3.40. The molecule has 0 radical (unpaired) electrons. The summed E-state index contributed by atoms with van der Waals surface area (Å²) < 4.78 is 11.2. The second-order valence-corrected chi connectivity index (χ2v) is 7.38. The predicted octanol–water partition coefficient (Wildman–Crippen LogP) is 1.07. The quantitative estimate of drug-likeness (QED) is 0.805. The maximum atomic E-state index is 11.2. The van der Waals surface area contributed by atoms with Crippen molar-refractivity contribution in [1.29, 1.82) is 0 Å². The van der Waals surface area contributed by atoms with E-state index in [1.807, 2.05) is 7.05 Å². The average molecular weight is 246 g/mol. The monoisotopic (exact) mass is 246 g/mol. The molecule has 0 aliphatic carbocycles. The topological polar surface area (TPSA) is 32.3 Å². The highest BCUT2D eigenvalue weighted by atomic mass is 32.2. The SMILES string of the molecule is CNC(CCN1CCS(=O)CC1)C(C)(C)C. The number of hydrogen-bond donors (Lipinski definition) is 1. The van der Waals surface area contributed by atoms with Gasteiger partial charge in [-0.15, -0.1) is 0 Å². The van der Waals surface area contributed by atoms with E-state index in [-0.39, 0.29) is 0 Å². The van der Waals surface area contributed by atoms with Crippen LogP contribution in [0.15, 0.2) is 0 Å². The van der Waals surface area contributed by atoms with Gasteiger partial charge in [0.05, 0.1) is 0 Å². The van der Waals surface area contributed by atoms with Gasteiger partial charge in [-0.05, 0) is 25.4 Å². The van der Waals surface area contributed by atoms with Crippen LogP contribution >= 0.6 is 0 Å². The summed E-state index contributed by atoms with van der Waals surface area (Å²) in [6.07, 6.45) is 1.17. The Morgan fingerprint density at radius 2 is 1.88 bits per heavy atom. The van der Waals surface area contributed by atoms with E-state index in [0.717, 1.165) is 31.1 Å². The van der Waals surface area contributed by atoms with Crippen LogP contribution in [-0.4, -0.2) is 53.3 Å². The summed E-state index contributed by atoms with van der Waals surface area (Å²) in [5.74, 6) is 1.72. The van der Waals surface area contributed by atoms with Crippen LogP contribution in [0, 0.1) is 5.41 Å². The van der Waals surface area contributed by atoms with Crippen molar-refractivity contribution in [2.45, 2.75) is 33.2 Å². The summed E-state index contributed by atoms with van der Waals surface area (Å²) in [6, 6.07) is 0.555. The summed E-state index contributed by atoms with van der Waals surface area (Å²) in [7, 11) is 1.49. The van der Waals surface area contributed by atoms with Crippen molar-refractivity contribution >= 4 is 10.8 Å².